The summed E-state index contributed by atoms with van der Waals surface area (Å²) in [5.74, 6) is 1.12. The first-order valence-corrected chi connectivity index (χ1v) is 10.3. The SMILES string of the molecule is CCOc1cc(C(=S)NCc2cccc(C)c2)cc(Cl)c1OCc1ccccc1. The molecule has 150 valence electrons. The summed E-state index contributed by atoms with van der Waals surface area (Å²) in [5, 5.41) is 3.77. The van der Waals surface area contributed by atoms with Crippen molar-refractivity contribution in [3.8, 4) is 11.5 Å². The van der Waals surface area contributed by atoms with Crippen LogP contribution in [0.1, 0.15) is 29.2 Å². The largest absolute Gasteiger partial charge is 0.490 e. The number of nitrogens with one attached hydrogen (secondary N) is 1. The van der Waals surface area contributed by atoms with E-state index in [0.717, 1.165) is 11.1 Å². The quantitative estimate of drug-likeness (QED) is 0.442. The number of hydrogen-bond donors (Lipinski definition) is 1. The van der Waals surface area contributed by atoms with E-state index in [1.165, 1.54) is 11.1 Å². The Kier molecular flexibility index (Phi) is 7.50. The van der Waals surface area contributed by atoms with Crippen molar-refractivity contribution in [2.75, 3.05) is 6.61 Å². The molecule has 1 N–H and O–H groups in total. The summed E-state index contributed by atoms with van der Waals surface area (Å²) in [5.41, 5.74) is 4.25. The number of thiocarbonyl (C=S) groups is 1. The molecule has 0 aliphatic rings. The highest BCUT2D eigenvalue weighted by molar-refractivity contribution is 7.80. The van der Waals surface area contributed by atoms with E-state index in [0.29, 0.717) is 41.3 Å². The lowest BCUT2D eigenvalue weighted by Gasteiger charge is -2.16. The lowest BCUT2D eigenvalue weighted by Crippen LogP contribution is -2.22. The van der Waals surface area contributed by atoms with Gasteiger partial charge in [0, 0.05) is 12.1 Å². The molecule has 29 heavy (non-hydrogen) atoms. The molecule has 0 fully saturated rings. The minimum atomic E-state index is 0.413. The molecule has 3 nitrogen and oxygen atoms in total. The van der Waals surface area contributed by atoms with Gasteiger partial charge in [-0.05, 0) is 37.1 Å². The molecule has 0 amide bonds. The highest BCUT2D eigenvalue weighted by Crippen LogP contribution is 2.37. The van der Waals surface area contributed by atoms with Crippen molar-refractivity contribution >= 4 is 28.8 Å². The van der Waals surface area contributed by atoms with E-state index in [2.05, 4.69) is 30.4 Å². The van der Waals surface area contributed by atoms with Crippen LogP contribution in [0.25, 0.3) is 0 Å². The molecule has 0 aliphatic heterocycles. The number of rotatable bonds is 8. The van der Waals surface area contributed by atoms with E-state index >= 15 is 0 Å². The van der Waals surface area contributed by atoms with Crippen molar-refractivity contribution in [3.05, 3.63) is 94.0 Å². The van der Waals surface area contributed by atoms with E-state index in [1.807, 2.05) is 55.5 Å². The number of halogens is 1. The van der Waals surface area contributed by atoms with Crippen LogP contribution in [0.5, 0.6) is 11.5 Å². The second-order valence-electron chi connectivity index (χ2n) is 6.66. The van der Waals surface area contributed by atoms with Crippen LogP contribution >= 0.6 is 23.8 Å². The molecule has 0 saturated heterocycles. The molecule has 0 bridgehead atoms. The summed E-state index contributed by atoms with van der Waals surface area (Å²) < 4.78 is 11.7. The van der Waals surface area contributed by atoms with Crippen molar-refractivity contribution in [1.29, 1.82) is 0 Å². The van der Waals surface area contributed by atoms with Crippen molar-refractivity contribution in [3.63, 3.8) is 0 Å². The Labute approximate surface area is 182 Å². The molecule has 5 heteroatoms. The number of hydrogen-bond acceptors (Lipinski definition) is 3. The van der Waals surface area contributed by atoms with Gasteiger partial charge in [-0.1, -0.05) is 84.0 Å². The Balaban J connectivity index is 1.74. The third-order valence-electron chi connectivity index (χ3n) is 4.33. The smallest absolute Gasteiger partial charge is 0.180 e. The second-order valence-corrected chi connectivity index (χ2v) is 7.48. The highest BCUT2D eigenvalue weighted by Gasteiger charge is 2.15. The van der Waals surface area contributed by atoms with Crippen LogP contribution in [-0.4, -0.2) is 11.6 Å². The summed E-state index contributed by atoms with van der Waals surface area (Å²) in [6.07, 6.45) is 0. The zero-order valence-corrected chi connectivity index (χ0v) is 18.1. The van der Waals surface area contributed by atoms with Gasteiger partial charge in [-0.25, -0.2) is 0 Å². The van der Waals surface area contributed by atoms with Gasteiger partial charge < -0.3 is 14.8 Å². The Hall–Kier alpha value is -2.56. The van der Waals surface area contributed by atoms with Gasteiger partial charge in [0.05, 0.1) is 11.6 Å². The van der Waals surface area contributed by atoms with Crippen molar-refractivity contribution in [1.82, 2.24) is 5.32 Å². The van der Waals surface area contributed by atoms with Crippen LogP contribution in [0.2, 0.25) is 5.02 Å². The first-order valence-electron chi connectivity index (χ1n) is 9.53. The minimum Gasteiger partial charge on any atom is -0.490 e. The molecular formula is C24H24ClNO2S. The molecule has 3 aromatic carbocycles. The Morgan fingerprint density at radius 3 is 2.45 bits per heavy atom. The Morgan fingerprint density at radius 2 is 1.72 bits per heavy atom. The van der Waals surface area contributed by atoms with Gasteiger partial charge in [-0.3, -0.25) is 0 Å². The van der Waals surface area contributed by atoms with Gasteiger partial charge in [0.15, 0.2) is 11.5 Å². The average Bonchev–Trinajstić information content (AvgIpc) is 2.72. The van der Waals surface area contributed by atoms with E-state index < -0.39 is 0 Å². The summed E-state index contributed by atoms with van der Waals surface area (Å²) in [6, 6.07) is 22.0. The summed E-state index contributed by atoms with van der Waals surface area (Å²) >= 11 is 12.1. The summed E-state index contributed by atoms with van der Waals surface area (Å²) in [7, 11) is 0. The van der Waals surface area contributed by atoms with Gasteiger partial charge in [-0.2, -0.15) is 0 Å². The van der Waals surface area contributed by atoms with E-state index in [9.17, 15) is 0 Å². The lowest BCUT2D eigenvalue weighted by atomic mass is 10.1. The maximum atomic E-state index is 6.53. The molecule has 3 aromatic rings. The molecule has 0 unspecified atom stereocenters. The van der Waals surface area contributed by atoms with Gasteiger partial charge in [0.25, 0.3) is 0 Å². The van der Waals surface area contributed by atoms with Gasteiger partial charge >= 0.3 is 0 Å². The zero-order chi connectivity index (χ0) is 20.6. The third-order valence-corrected chi connectivity index (χ3v) is 4.99. The fourth-order valence-corrected chi connectivity index (χ4v) is 3.39. The van der Waals surface area contributed by atoms with Crippen LogP contribution in [0.15, 0.2) is 66.7 Å². The van der Waals surface area contributed by atoms with Gasteiger partial charge in [0.2, 0.25) is 0 Å². The molecular weight excluding hydrogens is 402 g/mol. The van der Waals surface area contributed by atoms with Crippen molar-refractivity contribution in [2.24, 2.45) is 0 Å². The average molecular weight is 426 g/mol. The van der Waals surface area contributed by atoms with Gasteiger partial charge in [-0.15, -0.1) is 0 Å². The Bertz CT molecular complexity index is 976. The lowest BCUT2D eigenvalue weighted by molar-refractivity contribution is 0.269. The molecule has 3 rings (SSSR count). The minimum absolute atomic E-state index is 0.413. The van der Waals surface area contributed by atoms with Crippen molar-refractivity contribution in [2.45, 2.75) is 27.0 Å². The second kappa shape index (κ2) is 10.3. The molecule has 0 atom stereocenters. The van der Waals surface area contributed by atoms with Crippen LogP contribution < -0.4 is 14.8 Å². The molecule has 0 aromatic heterocycles. The third kappa shape index (κ3) is 5.96. The molecule has 0 heterocycles. The maximum Gasteiger partial charge on any atom is 0.180 e. The number of ether oxygens (including phenoxy) is 2. The number of aryl methyl sites for hydroxylation is 1. The standard InChI is InChI=1S/C24H24ClNO2S/c1-3-27-22-14-20(24(29)26-15-19-11-7-8-17(2)12-19)13-21(25)23(22)28-16-18-9-5-4-6-10-18/h4-14H,3,15-16H2,1-2H3,(H,26,29). The fourth-order valence-electron chi connectivity index (χ4n) is 2.94. The normalized spacial score (nSPS) is 10.4. The van der Waals surface area contributed by atoms with E-state index in [4.69, 9.17) is 33.3 Å². The molecule has 0 aliphatic carbocycles. The number of benzene rings is 3. The van der Waals surface area contributed by atoms with Crippen LogP contribution in [0, 0.1) is 6.92 Å². The van der Waals surface area contributed by atoms with Crippen LogP contribution in [0.4, 0.5) is 0 Å². The van der Waals surface area contributed by atoms with E-state index in [-0.39, 0.29) is 0 Å². The van der Waals surface area contributed by atoms with Crippen molar-refractivity contribution < 1.29 is 9.47 Å². The monoisotopic (exact) mass is 425 g/mol. The summed E-state index contributed by atoms with van der Waals surface area (Å²) in [4.78, 5) is 0.615. The zero-order valence-electron chi connectivity index (χ0n) is 16.6. The molecule has 0 radical (unpaired) electrons. The first kappa shape index (κ1) is 21.2. The first-order chi connectivity index (χ1) is 14.1. The predicted octanol–water partition coefficient (Wildman–Crippen LogP) is 6.09. The van der Waals surface area contributed by atoms with Crippen LogP contribution in [0.3, 0.4) is 0 Å². The summed E-state index contributed by atoms with van der Waals surface area (Å²) in [6.45, 7) is 5.56. The fraction of sp³-hybridized carbons (Fsp3) is 0.208. The van der Waals surface area contributed by atoms with Gasteiger partial charge in [0.1, 0.15) is 11.6 Å². The van der Waals surface area contributed by atoms with Crippen LogP contribution in [-0.2, 0) is 13.2 Å². The molecule has 0 spiro atoms. The highest BCUT2D eigenvalue weighted by atomic mass is 35.5. The molecule has 0 saturated carbocycles. The topological polar surface area (TPSA) is 30.5 Å². The van der Waals surface area contributed by atoms with E-state index in [1.54, 1.807) is 0 Å². The maximum absolute atomic E-state index is 6.53. The Morgan fingerprint density at radius 1 is 0.966 bits per heavy atom. The predicted molar refractivity (Wildman–Crippen MR) is 123 cm³/mol.